The normalized spacial score (nSPS) is 19.1. The van der Waals surface area contributed by atoms with Gasteiger partial charge in [0.25, 0.3) is 0 Å². The molecule has 0 spiro atoms. The van der Waals surface area contributed by atoms with Gasteiger partial charge < -0.3 is 10.1 Å². The van der Waals surface area contributed by atoms with Crippen molar-refractivity contribution in [3.8, 4) is 5.75 Å². The molecule has 3 rings (SSSR count). The molecule has 1 aromatic carbocycles. The average molecular weight is 342 g/mol. The smallest absolute Gasteiger partial charge is 0.120 e. The Morgan fingerprint density at radius 2 is 2.32 bits per heavy atom. The Morgan fingerprint density at radius 1 is 1.45 bits per heavy atom. The molecule has 0 amide bonds. The molecule has 0 bridgehead atoms. The molecule has 2 aromatic rings. The van der Waals surface area contributed by atoms with Crippen molar-refractivity contribution in [1.29, 1.82) is 0 Å². The third-order valence-corrected chi connectivity index (χ3v) is 5.08. The van der Waals surface area contributed by atoms with E-state index in [0.29, 0.717) is 6.04 Å². The number of thiazole rings is 1. The summed E-state index contributed by atoms with van der Waals surface area (Å²) in [6, 6.07) is 6.76. The van der Waals surface area contributed by atoms with E-state index < -0.39 is 0 Å². The third kappa shape index (κ3) is 3.90. The molecule has 1 N–H and O–H groups in total. The van der Waals surface area contributed by atoms with Gasteiger partial charge in [-0.1, -0.05) is 13.3 Å². The van der Waals surface area contributed by atoms with Gasteiger partial charge in [0.2, 0.25) is 0 Å². The molecule has 1 aliphatic heterocycles. The van der Waals surface area contributed by atoms with Gasteiger partial charge in [-0.3, -0.25) is 4.90 Å². The molecule has 0 radical (unpaired) electrons. The number of aromatic nitrogens is 1. The number of fused-ring (bicyclic) bond motifs is 1. The van der Waals surface area contributed by atoms with Crippen molar-refractivity contribution in [2.45, 2.75) is 32.4 Å². The van der Waals surface area contributed by atoms with E-state index in [4.69, 9.17) is 9.72 Å². The lowest BCUT2D eigenvalue weighted by atomic mass is 10.1. The van der Waals surface area contributed by atoms with Gasteiger partial charge in [-0.2, -0.15) is 0 Å². The van der Waals surface area contributed by atoms with Crippen LogP contribution in [-0.4, -0.2) is 42.7 Å². The van der Waals surface area contributed by atoms with Crippen LogP contribution in [0.1, 0.15) is 24.8 Å². The molecule has 122 valence electrons. The number of nitrogens with zero attached hydrogens (tertiary/aromatic N) is 2. The van der Waals surface area contributed by atoms with Crippen molar-refractivity contribution >= 4 is 34.0 Å². The van der Waals surface area contributed by atoms with E-state index in [1.807, 2.05) is 6.07 Å². The summed E-state index contributed by atoms with van der Waals surface area (Å²) in [5.74, 6) is 0.906. The monoisotopic (exact) mass is 341 g/mol. The number of hydrogen-bond donors (Lipinski definition) is 1. The van der Waals surface area contributed by atoms with Gasteiger partial charge in [0.15, 0.2) is 0 Å². The van der Waals surface area contributed by atoms with Crippen LogP contribution >= 0.6 is 23.7 Å². The lowest BCUT2D eigenvalue weighted by Crippen LogP contribution is -2.50. The van der Waals surface area contributed by atoms with Crippen molar-refractivity contribution in [3.05, 3.63) is 23.2 Å². The summed E-state index contributed by atoms with van der Waals surface area (Å²) in [4.78, 5) is 7.36. The first-order valence-corrected chi connectivity index (χ1v) is 8.50. The van der Waals surface area contributed by atoms with Crippen molar-refractivity contribution in [3.63, 3.8) is 0 Å². The zero-order valence-electron chi connectivity index (χ0n) is 13.2. The van der Waals surface area contributed by atoms with Crippen molar-refractivity contribution in [2.24, 2.45) is 0 Å². The number of ether oxygens (including phenoxy) is 1. The number of nitrogens with one attached hydrogen (secondary N) is 1. The van der Waals surface area contributed by atoms with Gasteiger partial charge in [0.05, 0.1) is 23.9 Å². The molecule has 0 saturated carbocycles. The minimum Gasteiger partial charge on any atom is -0.497 e. The van der Waals surface area contributed by atoms with E-state index in [0.717, 1.165) is 37.4 Å². The van der Waals surface area contributed by atoms with E-state index >= 15 is 0 Å². The van der Waals surface area contributed by atoms with Crippen LogP contribution in [0.3, 0.4) is 0 Å². The Balaban J connectivity index is 0.00000176. The predicted octanol–water partition coefficient (Wildman–Crippen LogP) is 3.30. The Kier molecular flexibility index (Phi) is 6.44. The summed E-state index contributed by atoms with van der Waals surface area (Å²) in [6.45, 7) is 6.53. The molecule has 1 fully saturated rings. The van der Waals surface area contributed by atoms with Crippen LogP contribution in [0.2, 0.25) is 0 Å². The molecule has 2 heterocycles. The quantitative estimate of drug-likeness (QED) is 0.905. The molecular weight excluding hydrogens is 318 g/mol. The third-order valence-electron chi connectivity index (χ3n) is 4.07. The van der Waals surface area contributed by atoms with Crippen LogP contribution in [-0.2, 0) is 6.54 Å². The van der Waals surface area contributed by atoms with Gasteiger partial charge in [0, 0.05) is 25.7 Å². The highest BCUT2D eigenvalue weighted by atomic mass is 35.5. The Morgan fingerprint density at radius 3 is 3.09 bits per heavy atom. The Bertz CT molecular complexity index is 602. The minimum absolute atomic E-state index is 0. The van der Waals surface area contributed by atoms with E-state index in [1.165, 1.54) is 22.5 Å². The molecule has 6 heteroatoms. The second kappa shape index (κ2) is 8.11. The summed E-state index contributed by atoms with van der Waals surface area (Å²) in [5.41, 5.74) is 1.08. The molecule has 4 nitrogen and oxygen atoms in total. The fourth-order valence-corrected chi connectivity index (χ4v) is 3.97. The second-order valence-corrected chi connectivity index (χ2v) is 6.67. The fourth-order valence-electron chi connectivity index (χ4n) is 2.95. The summed E-state index contributed by atoms with van der Waals surface area (Å²) in [5, 5.41) is 4.71. The highest BCUT2D eigenvalue weighted by Crippen LogP contribution is 2.27. The van der Waals surface area contributed by atoms with Gasteiger partial charge in [-0.25, -0.2) is 4.98 Å². The number of hydrogen-bond acceptors (Lipinski definition) is 5. The SMILES string of the molecule is CCCC1CNCCN1Cc1nc2ccc(OC)cc2s1.Cl. The van der Waals surface area contributed by atoms with Crippen LogP contribution in [0.4, 0.5) is 0 Å². The summed E-state index contributed by atoms with van der Waals surface area (Å²) in [7, 11) is 1.71. The average Bonchev–Trinajstić information content (AvgIpc) is 2.90. The first-order valence-electron chi connectivity index (χ1n) is 7.68. The second-order valence-electron chi connectivity index (χ2n) is 5.56. The van der Waals surface area contributed by atoms with Gasteiger partial charge >= 0.3 is 0 Å². The number of halogens is 1. The van der Waals surface area contributed by atoms with Crippen molar-refractivity contribution in [2.75, 3.05) is 26.7 Å². The summed E-state index contributed by atoms with van der Waals surface area (Å²) < 4.78 is 6.51. The zero-order valence-corrected chi connectivity index (χ0v) is 14.8. The van der Waals surface area contributed by atoms with Crippen LogP contribution in [0.15, 0.2) is 18.2 Å². The lowest BCUT2D eigenvalue weighted by molar-refractivity contribution is 0.144. The fraction of sp³-hybridized carbons (Fsp3) is 0.562. The first-order chi connectivity index (χ1) is 10.3. The first kappa shape index (κ1) is 17.5. The maximum absolute atomic E-state index is 5.29. The highest BCUT2D eigenvalue weighted by molar-refractivity contribution is 7.18. The Labute approximate surface area is 142 Å². The molecule has 0 aliphatic carbocycles. The van der Waals surface area contributed by atoms with Crippen LogP contribution in [0.5, 0.6) is 5.75 Å². The Hall–Kier alpha value is -0.880. The number of piperazine rings is 1. The van der Waals surface area contributed by atoms with E-state index in [-0.39, 0.29) is 12.4 Å². The largest absolute Gasteiger partial charge is 0.497 e. The maximum Gasteiger partial charge on any atom is 0.120 e. The van der Waals surface area contributed by atoms with Gasteiger partial charge in [0.1, 0.15) is 10.8 Å². The predicted molar refractivity (Wildman–Crippen MR) is 95.4 cm³/mol. The molecule has 1 saturated heterocycles. The lowest BCUT2D eigenvalue weighted by Gasteiger charge is -2.35. The topological polar surface area (TPSA) is 37.4 Å². The van der Waals surface area contributed by atoms with Crippen molar-refractivity contribution in [1.82, 2.24) is 15.2 Å². The van der Waals surface area contributed by atoms with Gasteiger partial charge in [-0.15, -0.1) is 23.7 Å². The van der Waals surface area contributed by atoms with Crippen LogP contribution < -0.4 is 10.1 Å². The number of methoxy groups -OCH3 is 1. The molecule has 1 unspecified atom stereocenters. The summed E-state index contributed by atoms with van der Waals surface area (Å²) in [6.07, 6.45) is 2.49. The minimum atomic E-state index is 0. The van der Waals surface area contributed by atoms with Crippen LogP contribution in [0, 0.1) is 0 Å². The van der Waals surface area contributed by atoms with E-state index in [9.17, 15) is 0 Å². The van der Waals surface area contributed by atoms with E-state index in [2.05, 4.69) is 29.3 Å². The molecule has 1 aromatic heterocycles. The number of benzene rings is 1. The van der Waals surface area contributed by atoms with Gasteiger partial charge in [-0.05, 0) is 24.6 Å². The van der Waals surface area contributed by atoms with Crippen LogP contribution in [0.25, 0.3) is 10.2 Å². The molecular formula is C16H24ClN3OS. The van der Waals surface area contributed by atoms with Crippen molar-refractivity contribution < 1.29 is 4.74 Å². The molecule has 1 atom stereocenters. The standard InChI is InChI=1S/C16H23N3OS.ClH/c1-3-4-12-10-17-7-8-19(12)11-16-18-14-6-5-13(20-2)9-15(14)21-16;/h5-6,9,12,17H,3-4,7-8,10-11H2,1-2H3;1H. The highest BCUT2D eigenvalue weighted by Gasteiger charge is 2.22. The molecule has 22 heavy (non-hydrogen) atoms. The summed E-state index contributed by atoms with van der Waals surface area (Å²) >= 11 is 1.79. The zero-order chi connectivity index (χ0) is 14.7. The molecule has 1 aliphatic rings. The number of rotatable bonds is 5. The van der Waals surface area contributed by atoms with E-state index in [1.54, 1.807) is 18.4 Å². The maximum atomic E-state index is 5.29.